The first-order chi connectivity index (χ1) is 11.6. The summed E-state index contributed by atoms with van der Waals surface area (Å²) in [6.07, 6.45) is 0. The molecule has 0 aliphatic rings. The lowest BCUT2D eigenvalue weighted by atomic mass is 10.2. The van der Waals surface area contributed by atoms with Gasteiger partial charge in [0.05, 0.1) is 5.69 Å². The van der Waals surface area contributed by atoms with Crippen LogP contribution in [0.5, 0.6) is 11.5 Å². The molecule has 0 heterocycles. The highest BCUT2D eigenvalue weighted by Crippen LogP contribution is 2.22. The number of hydrogen-bond donors (Lipinski definition) is 1. The van der Waals surface area contributed by atoms with E-state index in [4.69, 9.17) is 4.74 Å². The van der Waals surface area contributed by atoms with Gasteiger partial charge >= 0.3 is 0 Å². The van der Waals surface area contributed by atoms with Gasteiger partial charge in [-0.25, -0.2) is 8.78 Å². The zero-order valence-corrected chi connectivity index (χ0v) is 12.5. The summed E-state index contributed by atoms with van der Waals surface area (Å²) in [7, 11) is 0. The van der Waals surface area contributed by atoms with Crippen LogP contribution < -0.4 is 10.1 Å². The number of halogens is 2. The Kier molecular flexibility index (Phi) is 4.52. The molecule has 120 valence electrons. The molecule has 1 amide bonds. The molecule has 24 heavy (non-hydrogen) atoms. The standard InChI is InChI=1S/C19H13F2NO2/c20-14-8-11-18(17(21)12-14)22-19(23)13-6-9-16(10-7-13)24-15-4-2-1-3-5-15/h1-12H,(H,22,23). The van der Waals surface area contributed by atoms with Crippen molar-refractivity contribution in [3.63, 3.8) is 0 Å². The van der Waals surface area contributed by atoms with Crippen LogP contribution in [0.3, 0.4) is 0 Å². The number of carbonyl (C=O) groups is 1. The summed E-state index contributed by atoms with van der Waals surface area (Å²) in [6.45, 7) is 0. The van der Waals surface area contributed by atoms with Crippen LogP contribution in [0, 0.1) is 11.6 Å². The molecule has 0 radical (unpaired) electrons. The summed E-state index contributed by atoms with van der Waals surface area (Å²) in [6, 6.07) is 18.6. The summed E-state index contributed by atoms with van der Waals surface area (Å²) in [5.41, 5.74) is 0.255. The second kappa shape index (κ2) is 6.91. The summed E-state index contributed by atoms with van der Waals surface area (Å²) < 4.78 is 32.1. The fourth-order valence-electron chi connectivity index (χ4n) is 2.08. The largest absolute Gasteiger partial charge is 0.457 e. The number of para-hydroxylation sites is 1. The van der Waals surface area contributed by atoms with Crippen LogP contribution in [0.25, 0.3) is 0 Å². The molecule has 0 bridgehead atoms. The molecule has 0 spiro atoms. The fourth-order valence-corrected chi connectivity index (χ4v) is 2.08. The van der Waals surface area contributed by atoms with Crippen molar-refractivity contribution in [2.24, 2.45) is 0 Å². The number of rotatable bonds is 4. The molecule has 1 N–H and O–H groups in total. The molecule has 0 saturated carbocycles. The van der Waals surface area contributed by atoms with Gasteiger partial charge in [-0.15, -0.1) is 0 Å². The number of ether oxygens (including phenoxy) is 1. The molecule has 0 saturated heterocycles. The molecule has 3 rings (SSSR count). The predicted molar refractivity (Wildman–Crippen MR) is 87.3 cm³/mol. The number of nitrogens with one attached hydrogen (secondary N) is 1. The number of amides is 1. The third kappa shape index (κ3) is 3.76. The van der Waals surface area contributed by atoms with E-state index in [0.717, 1.165) is 6.07 Å². The normalized spacial score (nSPS) is 10.2. The quantitative estimate of drug-likeness (QED) is 0.732. The van der Waals surface area contributed by atoms with Gasteiger partial charge in [0.2, 0.25) is 0 Å². The van der Waals surface area contributed by atoms with Crippen LogP contribution in [0.1, 0.15) is 10.4 Å². The lowest BCUT2D eigenvalue weighted by Gasteiger charge is -2.08. The molecule has 5 heteroatoms. The van der Waals surface area contributed by atoms with Crippen molar-refractivity contribution in [2.75, 3.05) is 5.32 Å². The maximum atomic E-state index is 13.6. The van der Waals surface area contributed by atoms with Crippen molar-refractivity contribution in [2.45, 2.75) is 0 Å². The summed E-state index contributed by atoms with van der Waals surface area (Å²) in [4.78, 5) is 12.1. The second-order valence-electron chi connectivity index (χ2n) is 5.02. The van der Waals surface area contributed by atoms with Gasteiger partial charge in [0, 0.05) is 11.6 Å². The van der Waals surface area contributed by atoms with Gasteiger partial charge in [0.25, 0.3) is 5.91 Å². The van der Waals surface area contributed by atoms with E-state index in [1.165, 1.54) is 6.07 Å². The third-order valence-electron chi connectivity index (χ3n) is 3.27. The fraction of sp³-hybridized carbons (Fsp3) is 0. The summed E-state index contributed by atoms with van der Waals surface area (Å²) in [5.74, 6) is -0.763. The molecule has 3 aromatic carbocycles. The van der Waals surface area contributed by atoms with E-state index in [-0.39, 0.29) is 5.69 Å². The Labute approximate surface area is 137 Å². The highest BCUT2D eigenvalue weighted by Gasteiger charge is 2.10. The number of benzene rings is 3. The number of hydrogen-bond acceptors (Lipinski definition) is 2. The molecule has 0 aromatic heterocycles. The summed E-state index contributed by atoms with van der Waals surface area (Å²) in [5, 5.41) is 2.40. The smallest absolute Gasteiger partial charge is 0.255 e. The maximum Gasteiger partial charge on any atom is 0.255 e. The first kappa shape index (κ1) is 15.7. The first-order valence-corrected chi connectivity index (χ1v) is 7.21. The van der Waals surface area contributed by atoms with Crippen molar-refractivity contribution in [3.05, 3.63) is 90.0 Å². The first-order valence-electron chi connectivity index (χ1n) is 7.21. The maximum absolute atomic E-state index is 13.6. The average molecular weight is 325 g/mol. The highest BCUT2D eigenvalue weighted by molar-refractivity contribution is 6.04. The van der Waals surface area contributed by atoms with Crippen LogP contribution in [-0.4, -0.2) is 5.91 Å². The molecule has 0 unspecified atom stereocenters. The average Bonchev–Trinajstić information content (AvgIpc) is 2.59. The minimum absolute atomic E-state index is 0.0778. The molecule has 0 fully saturated rings. The minimum Gasteiger partial charge on any atom is -0.457 e. The monoisotopic (exact) mass is 325 g/mol. The van der Waals surface area contributed by atoms with Gasteiger partial charge in [0.15, 0.2) is 0 Å². The zero-order valence-electron chi connectivity index (χ0n) is 12.5. The van der Waals surface area contributed by atoms with Crippen molar-refractivity contribution in [1.82, 2.24) is 0 Å². The molecule has 0 atom stereocenters. The van der Waals surface area contributed by atoms with E-state index < -0.39 is 17.5 Å². The van der Waals surface area contributed by atoms with Gasteiger partial charge in [-0.3, -0.25) is 4.79 Å². The Morgan fingerprint density at radius 3 is 2.17 bits per heavy atom. The van der Waals surface area contributed by atoms with E-state index in [9.17, 15) is 13.6 Å². The van der Waals surface area contributed by atoms with Crippen LogP contribution in [-0.2, 0) is 0 Å². The second-order valence-corrected chi connectivity index (χ2v) is 5.02. The van der Waals surface area contributed by atoms with Crippen molar-refractivity contribution in [3.8, 4) is 11.5 Å². The molecule has 0 aliphatic heterocycles. The SMILES string of the molecule is O=C(Nc1ccc(F)cc1F)c1ccc(Oc2ccccc2)cc1. The zero-order chi connectivity index (χ0) is 16.9. The highest BCUT2D eigenvalue weighted by atomic mass is 19.1. The van der Waals surface area contributed by atoms with Crippen LogP contribution in [0.2, 0.25) is 0 Å². The van der Waals surface area contributed by atoms with Crippen LogP contribution in [0.4, 0.5) is 14.5 Å². The lowest BCUT2D eigenvalue weighted by Crippen LogP contribution is -2.12. The Bertz CT molecular complexity index is 849. The number of carbonyl (C=O) groups excluding carboxylic acids is 1. The summed E-state index contributed by atoms with van der Waals surface area (Å²) >= 11 is 0. The van der Waals surface area contributed by atoms with Gasteiger partial charge in [-0.2, -0.15) is 0 Å². The lowest BCUT2D eigenvalue weighted by molar-refractivity contribution is 0.102. The topological polar surface area (TPSA) is 38.3 Å². The Morgan fingerprint density at radius 2 is 1.50 bits per heavy atom. The predicted octanol–water partition coefficient (Wildman–Crippen LogP) is 5.01. The van der Waals surface area contributed by atoms with Gasteiger partial charge < -0.3 is 10.1 Å². The van der Waals surface area contributed by atoms with E-state index in [2.05, 4.69) is 5.32 Å². The van der Waals surface area contributed by atoms with Gasteiger partial charge in [0.1, 0.15) is 23.1 Å². The van der Waals surface area contributed by atoms with E-state index >= 15 is 0 Å². The molecular formula is C19H13F2NO2. The van der Waals surface area contributed by atoms with Gasteiger partial charge in [-0.05, 0) is 48.5 Å². The molecular weight excluding hydrogens is 312 g/mol. The van der Waals surface area contributed by atoms with Crippen molar-refractivity contribution >= 4 is 11.6 Å². The van der Waals surface area contributed by atoms with Crippen LogP contribution >= 0.6 is 0 Å². The molecule has 0 aliphatic carbocycles. The Balaban J connectivity index is 1.69. The van der Waals surface area contributed by atoms with E-state index in [1.54, 1.807) is 24.3 Å². The van der Waals surface area contributed by atoms with Crippen molar-refractivity contribution in [1.29, 1.82) is 0 Å². The Hall–Kier alpha value is -3.21. The Morgan fingerprint density at radius 1 is 0.833 bits per heavy atom. The minimum atomic E-state index is -0.826. The van der Waals surface area contributed by atoms with E-state index in [1.807, 2.05) is 30.3 Å². The van der Waals surface area contributed by atoms with Crippen LogP contribution in [0.15, 0.2) is 72.8 Å². The molecule has 3 aromatic rings. The third-order valence-corrected chi connectivity index (χ3v) is 3.27. The van der Waals surface area contributed by atoms with Gasteiger partial charge in [-0.1, -0.05) is 18.2 Å². The van der Waals surface area contributed by atoms with Crippen molar-refractivity contribution < 1.29 is 18.3 Å². The van der Waals surface area contributed by atoms with E-state index in [0.29, 0.717) is 23.1 Å². The number of anilines is 1. The molecule has 3 nitrogen and oxygen atoms in total.